The summed E-state index contributed by atoms with van der Waals surface area (Å²) >= 11 is 0. The van der Waals surface area contributed by atoms with Crippen LogP contribution in [0, 0.1) is 0 Å². The molecule has 0 aliphatic carbocycles. The SMILES string of the molecule is CCCN(CCOc1ccc(CNC)cc1)C(C)C. The second-order valence-corrected chi connectivity index (χ2v) is 5.15. The highest BCUT2D eigenvalue weighted by Gasteiger charge is 2.07. The summed E-state index contributed by atoms with van der Waals surface area (Å²) in [5.74, 6) is 0.958. The van der Waals surface area contributed by atoms with E-state index in [9.17, 15) is 0 Å². The lowest BCUT2D eigenvalue weighted by atomic mass is 10.2. The zero-order valence-electron chi connectivity index (χ0n) is 12.8. The number of hydrogen-bond donors (Lipinski definition) is 1. The molecule has 0 aromatic heterocycles. The van der Waals surface area contributed by atoms with Crippen molar-refractivity contribution < 1.29 is 4.74 Å². The lowest BCUT2D eigenvalue weighted by molar-refractivity contribution is 0.176. The second kappa shape index (κ2) is 8.94. The number of hydrogen-bond acceptors (Lipinski definition) is 3. The van der Waals surface area contributed by atoms with Crippen molar-refractivity contribution >= 4 is 0 Å². The molecule has 0 radical (unpaired) electrons. The van der Waals surface area contributed by atoms with Gasteiger partial charge in [-0.3, -0.25) is 4.90 Å². The van der Waals surface area contributed by atoms with Crippen LogP contribution >= 0.6 is 0 Å². The fraction of sp³-hybridized carbons (Fsp3) is 0.625. The van der Waals surface area contributed by atoms with Crippen LogP contribution in [-0.2, 0) is 6.54 Å². The zero-order chi connectivity index (χ0) is 14.1. The molecular formula is C16H28N2O. The van der Waals surface area contributed by atoms with Crippen molar-refractivity contribution in [1.29, 1.82) is 0 Å². The van der Waals surface area contributed by atoms with Crippen LogP contribution in [-0.4, -0.2) is 37.7 Å². The summed E-state index contributed by atoms with van der Waals surface area (Å²) in [5, 5.41) is 3.14. The Morgan fingerprint density at radius 3 is 2.37 bits per heavy atom. The molecule has 0 saturated heterocycles. The van der Waals surface area contributed by atoms with Crippen LogP contribution < -0.4 is 10.1 Å². The predicted octanol–water partition coefficient (Wildman–Crippen LogP) is 2.91. The third kappa shape index (κ3) is 6.08. The van der Waals surface area contributed by atoms with Crippen molar-refractivity contribution in [3.63, 3.8) is 0 Å². The van der Waals surface area contributed by atoms with Crippen molar-refractivity contribution in [1.82, 2.24) is 10.2 Å². The van der Waals surface area contributed by atoms with Crippen LogP contribution in [0.2, 0.25) is 0 Å². The second-order valence-electron chi connectivity index (χ2n) is 5.15. The van der Waals surface area contributed by atoms with E-state index >= 15 is 0 Å². The Kier molecular flexibility index (Phi) is 7.53. The molecule has 0 fully saturated rings. The highest BCUT2D eigenvalue weighted by molar-refractivity contribution is 5.27. The minimum Gasteiger partial charge on any atom is -0.492 e. The van der Waals surface area contributed by atoms with E-state index in [2.05, 4.69) is 43.1 Å². The average molecular weight is 264 g/mol. The van der Waals surface area contributed by atoms with E-state index in [0.717, 1.165) is 32.0 Å². The molecule has 19 heavy (non-hydrogen) atoms. The summed E-state index contributed by atoms with van der Waals surface area (Å²) < 4.78 is 5.80. The summed E-state index contributed by atoms with van der Waals surface area (Å²) in [6.45, 7) is 10.5. The highest BCUT2D eigenvalue weighted by Crippen LogP contribution is 2.12. The Labute approximate surface area is 118 Å². The van der Waals surface area contributed by atoms with Gasteiger partial charge in [0.2, 0.25) is 0 Å². The lowest BCUT2D eigenvalue weighted by Crippen LogP contribution is -2.35. The molecule has 1 rings (SSSR count). The van der Waals surface area contributed by atoms with E-state index < -0.39 is 0 Å². The molecule has 1 aromatic rings. The quantitative estimate of drug-likeness (QED) is 0.742. The summed E-state index contributed by atoms with van der Waals surface area (Å²) in [7, 11) is 1.96. The third-order valence-electron chi connectivity index (χ3n) is 3.19. The summed E-state index contributed by atoms with van der Waals surface area (Å²) in [5.41, 5.74) is 1.28. The summed E-state index contributed by atoms with van der Waals surface area (Å²) in [4.78, 5) is 2.45. The van der Waals surface area contributed by atoms with Gasteiger partial charge >= 0.3 is 0 Å². The first-order chi connectivity index (χ1) is 9.17. The molecule has 0 unspecified atom stereocenters. The van der Waals surface area contributed by atoms with Crippen LogP contribution in [0.4, 0.5) is 0 Å². The van der Waals surface area contributed by atoms with Gasteiger partial charge in [-0.1, -0.05) is 19.1 Å². The largest absolute Gasteiger partial charge is 0.492 e. The maximum Gasteiger partial charge on any atom is 0.119 e. The molecular weight excluding hydrogens is 236 g/mol. The molecule has 0 heterocycles. The van der Waals surface area contributed by atoms with Gasteiger partial charge in [0.1, 0.15) is 12.4 Å². The molecule has 3 nitrogen and oxygen atoms in total. The summed E-state index contributed by atoms with van der Waals surface area (Å²) in [6, 6.07) is 8.90. The minimum absolute atomic E-state index is 0.585. The smallest absolute Gasteiger partial charge is 0.119 e. The summed E-state index contributed by atoms with van der Waals surface area (Å²) in [6.07, 6.45) is 1.19. The molecule has 0 saturated carbocycles. The van der Waals surface area contributed by atoms with Gasteiger partial charge in [-0.2, -0.15) is 0 Å². The third-order valence-corrected chi connectivity index (χ3v) is 3.19. The van der Waals surface area contributed by atoms with Crippen molar-refractivity contribution in [2.24, 2.45) is 0 Å². The van der Waals surface area contributed by atoms with Crippen LogP contribution in [0.3, 0.4) is 0 Å². The molecule has 0 spiro atoms. The van der Waals surface area contributed by atoms with Crippen molar-refractivity contribution in [3.05, 3.63) is 29.8 Å². The zero-order valence-corrected chi connectivity index (χ0v) is 12.8. The Balaban J connectivity index is 2.35. The molecule has 0 bridgehead atoms. The van der Waals surface area contributed by atoms with Gasteiger partial charge in [0, 0.05) is 19.1 Å². The van der Waals surface area contributed by atoms with Gasteiger partial charge in [-0.05, 0) is 51.6 Å². The standard InChI is InChI=1S/C16H28N2O/c1-5-10-18(14(2)3)11-12-19-16-8-6-15(7-9-16)13-17-4/h6-9,14,17H,5,10-13H2,1-4H3. The first kappa shape index (κ1) is 16.0. The molecule has 0 aliphatic rings. The van der Waals surface area contributed by atoms with E-state index in [1.165, 1.54) is 12.0 Å². The topological polar surface area (TPSA) is 24.5 Å². The van der Waals surface area contributed by atoms with Gasteiger partial charge in [-0.15, -0.1) is 0 Å². The Morgan fingerprint density at radius 2 is 1.84 bits per heavy atom. The highest BCUT2D eigenvalue weighted by atomic mass is 16.5. The fourth-order valence-corrected chi connectivity index (χ4v) is 2.10. The van der Waals surface area contributed by atoms with Gasteiger partial charge in [-0.25, -0.2) is 0 Å². The molecule has 1 aromatic carbocycles. The molecule has 0 amide bonds. The maximum atomic E-state index is 5.80. The van der Waals surface area contributed by atoms with E-state index in [1.807, 2.05) is 19.2 Å². The van der Waals surface area contributed by atoms with Crippen LogP contribution in [0.5, 0.6) is 5.75 Å². The molecule has 0 atom stereocenters. The van der Waals surface area contributed by atoms with Gasteiger partial charge < -0.3 is 10.1 Å². The van der Waals surface area contributed by atoms with E-state index in [-0.39, 0.29) is 0 Å². The van der Waals surface area contributed by atoms with E-state index in [4.69, 9.17) is 4.74 Å². The monoisotopic (exact) mass is 264 g/mol. The van der Waals surface area contributed by atoms with Crippen LogP contribution in [0.15, 0.2) is 24.3 Å². The number of nitrogens with one attached hydrogen (secondary N) is 1. The number of nitrogens with zero attached hydrogens (tertiary/aromatic N) is 1. The first-order valence-corrected chi connectivity index (χ1v) is 7.27. The average Bonchev–Trinajstić information content (AvgIpc) is 2.40. The number of ether oxygens (including phenoxy) is 1. The van der Waals surface area contributed by atoms with Crippen molar-refractivity contribution in [2.45, 2.75) is 39.8 Å². The molecule has 3 heteroatoms. The maximum absolute atomic E-state index is 5.80. The van der Waals surface area contributed by atoms with Crippen LogP contribution in [0.1, 0.15) is 32.8 Å². The minimum atomic E-state index is 0.585. The number of rotatable bonds is 9. The Morgan fingerprint density at radius 1 is 1.16 bits per heavy atom. The van der Waals surface area contributed by atoms with E-state index in [0.29, 0.717) is 6.04 Å². The number of benzene rings is 1. The molecule has 0 aliphatic heterocycles. The van der Waals surface area contributed by atoms with Gasteiger partial charge in [0.05, 0.1) is 0 Å². The predicted molar refractivity (Wildman–Crippen MR) is 81.7 cm³/mol. The Hall–Kier alpha value is -1.06. The van der Waals surface area contributed by atoms with Crippen LogP contribution in [0.25, 0.3) is 0 Å². The Bertz CT molecular complexity index is 335. The first-order valence-electron chi connectivity index (χ1n) is 7.27. The van der Waals surface area contributed by atoms with Gasteiger partial charge in [0.25, 0.3) is 0 Å². The van der Waals surface area contributed by atoms with Gasteiger partial charge in [0.15, 0.2) is 0 Å². The van der Waals surface area contributed by atoms with Crippen molar-refractivity contribution in [2.75, 3.05) is 26.7 Å². The van der Waals surface area contributed by atoms with E-state index in [1.54, 1.807) is 0 Å². The molecule has 108 valence electrons. The molecule has 1 N–H and O–H groups in total. The lowest BCUT2D eigenvalue weighted by Gasteiger charge is -2.25. The van der Waals surface area contributed by atoms with Crippen molar-refractivity contribution in [3.8, 4) is 5.75 Å². The normalized spacial score (nSPS) is 11.3. The fourth-order valence-electron chi connectivity index (χ4n) is 2.10.